The third kappa shape index (κ3) is 2.80. The summed E-state index contributed by atoms with van der Waals surface area (Å²) in [5, 5.41) is 7.43. The van der Waals surface area contributed by atoms with Gasteiger partial charge in [0.15, 0.2) is 0 Å². The first kappa shape index (κ1) is 12.8. The van der Waals surface area contributed by atoms with Crippen LogP contribution in [0.25, 0.3) is 10.6 Å². The topological polar surface area (TPSA) is 24.9 Å². The Morgan fingerprint density at radius 2 is 2.12 bits per heavy atom. The standard InChI is InChI=1S/C12H12Cl2N2S/c1-7(15-2)11-6-17-12(16-11)9-5-8(13)3-4-10(9)14/h3-7,15H,1-2H3. The molecular weight excluding hydrogens is 275 g/mol. The number of nitrogens with zero attached hydrogens (tertiary/aromatic N) is 1. The van der Waals surface area contributed by atoms with Gasteiger partial charge in [0.05, 0.1) is 10.7 Å². The van der Waals surface area contributed by atoms with Crippen LogP contribution in [0.1, 0.15) is 18.7 Å². The summed E-state index contributed by atoms with van der Waals surface area (Å²) in [5.74, 6) is 0. The van der Waals surface area contributed by atoms with Crippen molar-refractivity contribution in [3.63, 3.8) is 0 Å². The first-order valence-corrected chi connectivity index (χ1v) is 6.83. The fourth-order valence-corrected chi connectivity index (χ4v) is 2.80. The molecule has 1 N–H and O–H groups in total. The molecule has 2 aromatic rings. The molecule has 0 aliphatic heterocycles. The number of rotatable bonds is 3. The highest BCUT2D eigenvalue weighted by Gasteiger charge is 2.12. The Morgan fingerprint density at radius 3 is 2.82 bits per heavy atom. The predicted octanol–water partition coefficient (Wildman–Crippen LogP) is 4.40. The molecule has 0 saturated heterocycles. The smallest absolute Gasteiger partial charge is 0.125 e. The second kappa shape index (κ2) is 5.36. The van der Waals surface area contributed by atoms with Gasteiger partial charge in [0.1, 0.15) is 5.01 Å². The molecule has 2 rings (SSSR count). The molecule has 0 spiro atoms. The third-order valence-corrected chi connectivity index (χ3v) is 4.02. The van der Waals surface area contributed by atoms with Gasteiger partial charge in [-0.2, -0.15) is 0 Å². The van der Waals surface area contributed by atoms with Gasteiger partial charge in [-0.25, -0.2) is 4.98 Å². The molecule has 1 aromatic heterocycles. The SMILES string of the molecule is CNC(C)c1csc(-c2cc(Cl)ccc2Cl)n1. The maximum atomic E-state index is 6.15. The van der Waals surface area contributed by atoms with Gasteiger partial charge in [0, 0.05) is 22.0 Å². The molecule has 1 atom stereocenters. The zero-order chi connectivity index (χ0) is 12.4. The van der Waals surface area contributed by atoms with E-state index in [1.54, 1.807) is 23.5 Å². The lowest BCUT2D eigenvalue weighted by Crippen LogP contribution is -2.12. The fraction of sp³-hybridized carbons (Fsp3) is 0.250. The Balaban J connectivity index is 2.40. The first-order chi connectivity index (χ1) is 8.11. The number of hydrogen-bond donors (Lipinski definition) is 1. The second-order valence-electron chi connectivity index (χ2n) is 3.71. The predicted molar refractivity (Wildman–Crippen MR) is 75.0 cm³/mol. The van der Waals surface area contributed by atoms with Gasteiger partial charge in [-0.3, -0.25) is 0 Å². The summed E-state index contributed by atoms with van der Waals surface area (Å²) < 4.78 is 0. The second-order valence-corrected chi connectivity index (χ2v) is 5.41. The Bertz CT molecular complexity index is 525. The van der Waals surface area contributed by atoms with Crippen molar-refractivity contribution < 1.29 is 0 Å². The van der Waals surface area contributed by atoms with Crippen LogP contribution >= 0.6 is 34.5 Å². The minimum Gasteiger partial charge on any atom is -0.312 e. The minimum atomic E-state index is 0.234. The van der Waals surface area contributed by atoms with Gasteiger partial charge >= 0.3 is 0 Å². The largest absolute Gasteiger partial charge is 0.312 e. The van der Waals surface area contributed by atoms with Crippen LogP contribution < -0.4 is 5.32 Å². The van der Waals surface area contributed by atoms with Crippen molar-refractivity contribution in [2.24, 2.45) is 0 Å². The molecule has 0 aliphatic rings. The van der Waals surface area contributed by atoms with E-state index in [-0.39, 0.29) is 6.04 Å². The Morgan fingerprint density at radius 1 is 1.35 bits per heavy atom. The van der Waals surface area contributed by atoms with Crippen molar-refractivity contribution in [1.82, 2.24) is 10.3 Å². The van der Waals surface area contributed by atoms with Crippen LogP contribution in [0.2, 0.25) is 10.0 Å². The number of halogens is 2. The fourth-order valence-electron chi connectivity index (χ4n) is 1.42. The van der Waals surface area contributed by atoms with Gasteiger partial charge in [-0.05, 0) is 32.2 Å². The summed E-state index contributed by atoms with van der Waals surface area (Å²) in [6.45, 7) is 2.07. The first-order valence-electron chi connectivity index (χ1n) is 5.20. The normalized spacial score (nSPS) is 12.7. The Kier molecular flexibility index (Phi) is 4.05. The monoisotopic (exact) mass is 286 g/mol. The van der Waals surface area contributed by atoms with Crippen molar-refractivity contribution >= 4 is 34.5 Å². The molecule has 0 saturated carbocycles. The van der Waals surface area contributed by atoms with E-state index in [9.17, 15) is 0 Å². The van der Waals surface area contributed by atoms with Crippen molar-refractivity contribution in [3.05, 3.63) is 39.3 Å². The van der Waals surface area contributed by atoms with Gasteiger partial charge in [0.25, 0.3) is 0 Å². The van der Waals surface area contributed by atoms with Gasteiger partial charge in [-0.1, -0.05) is 23.2 Å². The molecule has 0 aliphatic carbocycles. The number of aromatic nitrogens is 1. The molecule has 90 valence electrons. The molecule has 1 aromatic carbocycles. The number of thiazole rings is 1. The highest BCUT2D eigenvalue weighted by atomic mass is 35.5. The molecule has 5 heteroatoms. The quantitative estimate of drug-likeness (QED) is 0.905. The van der Waals surface area contributed by atoms with Crippen molar-refractivity contribution in [2.45, 2.75) is 13.0 Å². The van der Waals surface area contributed by atoms with E-state index >= 15 is 0 Å². The zero-order valence-electron chi connectivity index (χ0n) is 9.50. The molecule has 2 nitrogen and oxygen atoms in total. The molecule has 1 heterocycles. The van der Waals surface area contributed by atoms with Gasteiger partial charge in [-0.15, -0.1) is 11.3 Å². The molecule has 17 heavy (non-hydrogen) atoms. The third-order valence-electron chi connectivity index (χ3n) is 2.56. The van der Waals surface area contributed by atoms with Gasteiger partial charge < -0.3 is 5.32 Å². The highest BCUT2D eigenvalue weighted by molar-refractivity contribution is 7.13. The van der Waals surface area contributed by atoms with Crippen LogP contribution in [0.4, 0.5) is 0 Å². The number of hydrogen-bond acceptors (Lipinski definition) is 3. The van der Waals surface area contributed by atoms with E-state index in [2.05, 4.69) is 17.2 Å². The Hall–Kier alpha value is -0.610. The molecule has 0 amide bonds. The van der Waals surface area contributed by atoms with E-state index in [1.807, 2.05) is 18.5 Å². The number of benzene rings is 1. The molecule has 1 unspecified atom stereocenters. The lowest BCUT2D eigenvalue weighted by atomic mass is 10.2. The maximum absolute atomic E-state index is 6.15. The lowest BCUT2D eigenvalue weighted by Gasteiger charge is -2.05. The average Bonchev–Trinajstić information content (AvgIpc) is 2.80. The average molecular weight is 287 g/mol. The Labute approximate surface area is 115 Å². The molecule has 0 radical (unpaired) electrons. The van der Waals surface area contributed by atoms with Crippen molar-refractivity contribution in [2.75, 3.05) is 7.05 Å². The van der Waals surface area contributed by atoms with E-state index in [4.69, 9.17) is 23.2 Å². The van der Waals surface area contributed by atoms with Gasteiger partial charge in [0.2, 0.25) is 0 Å². The van der Waals surface area contributed by atoms with Crippen LogP contribution in [-0.4, -0.2) is 12.0 Å². The summed E-state index contributed by atoms with van der Waals surface area (Å²) in [6, 6.07) is 5.65. The van der Waals surface area contributed by atoms with E-state index < -0.39 is 0 Å². The summed E-state index contributed by atoms with van der Waals surface area (Å²) in [4.78, 5) is 4.57. The summed E-state index contributed by atoms with van der Waals surface area (Å²) >= 11 is 13.7. The van der Waals surface area contributed by atoms with E-state index in [1.165, 1.54) is 0 Å². The van der Waals surface area contributed by atoms with Crippen molar-refractivity contribution in [3.8, 4) is 10.6 Å². The van der Waals surface area contributed by atoms with Crippen LogP contribution in [0.5, 0.6) is 0 Å². The van der Waals surface area contributed by atoms with Crippen LogP contribution in [-0.2, 0) is 0 Å². The summed E-state index contributed by atoms with van der Waals surface area (Å²) in [6.07, 6.45) is 0. The highest BCUT2D eigenvalue weighted by Crippen LogP contribution is 2.33. The van der Waals surface area contributed by atoms with Crippen LogP contribution in [0.3, 0.4) is 0 Å². The number of nitrogens with one attached hydrogen (secondary N) is 1. The minimum absolute atomic E-state index is 0.234. The summed E-state index contributed by atoms with van der Waals surface area (Å²) in [7, 11) is 1.91. The van der Waals surface area contributed by atoms with Crippen LogP contribution in [0, 0.1) is 0 Å². The maximum Gasteiger partial charge on any atom is 0.125 e. The summed E-state index contributed by atoms with van der Waals surface area (Å²) in [5.41, 5.74) is 1.90. The van der Waals surface area contributed by atoms with E-state index in [0.717, 1.165) is 16.3 Å². The molecular formula is C12H12Cl2N2S. The zero-order valence-corrected chi connectivity index (χ0v) is 11.8. The lowest BCUT2D eigenvalue weighted by molar-refractivity contribution is 0.637. The van der Waals surface area contributed by atoms with E-state index in [0.29, 0.717) is 10.0 Å². The molecule has 0 fully saturated rings. The van der Waals surface area contributed by atoms with Crippen LogP contribution in [0.15, 0.2) is 23.6 Å². The molecule has 0 bridgehead atoms. The van der Waals surface area contributed by atoms with Crippen molar-refractivity contribution in [1.29, 1.82) is 0 Å².